The molecular formula is C28H22NO2P. The van der Waals surface area contributed by atoms with Crippen molar-refractivity contribution in [2.24, 2.45) is 0 Å². The van der Waals surface area contributed by atoms with E-state index in [1.54, 1.807) is 0 Å². The first-order valence-corrected chi connectivity index (χ1v) is 11.8. The van der Waals surface area contributed by atoms with Gasteiger partial charge < -0.3 is 13.3 Å². The third kappa shape index (κ3) is 2.97. The Hall–Kier alpha value is -3.68. The lowest BCUT2D eigenvalue weighted by atomic mass is 9.99. The van der Waals surface area contributed by atoms with Gasteiger partial charge in [0.05, 0.1) is 11.0 Å². The summed E-state index contributed by atoms with van der Waals surface area (Å²) in [4.78, 5) is 2.11. The molecule has 0 N–H and O–H groups in total. The number of nitrogens with zero attached hydrogens (tertiary/aromatic N) is 1. The topological polar surface area (TPSA) is 29.5 Å². The van der Waals surface area contributed by atoms with Gasteiger partial charge in [-0.2, -0.15) is 0 Å². The lowest BCUT2D eigenvalue weighted by molar-refractivity contribution is 0.651. The fourth-order valence-corrected chi connectivity index (χ4v) is 6.03. The largest absolute Gasteiger partial charge is 0.416 e. The first-order valence-electron chi connectivity index (χ1n) is 10.7. The number of para-hydroxylation sites is 1. The summed E-state index contributed by atoms with van der Waals surface area (Å²) in [5.74, 6) is 0. The van der Waals surface area contributed by atoms with Crippen molar-refractivity contribution >= 4 is 57.2 Å². The third-order valence-electron chi connectivity index (χ3n) is 5.95. The molecule has 5 aromatic carbocycles. The highest BCUT2D eigenvalue weighted by Gasteiger charge is 2.16. The summed E-state index contributed by atoms with van der Waals surface area (Å²) in [5.41, 5.74) is 2.82. The molecule has 32 heavy (non-hydrogen) atoms. The Morgan fingerprint density at radius 3 is 1.62 bits per heavy atom. The van der Waals surface area contributed by atoms with Crippen molar-refractivity contribution in [1.29, 1.82) is 0 Å². The molecule has 0 unspecified atom stereocenters. The summed E-state index contributed by atoms with van der Waals surface area (Å²) in [6, 6.07) is 33.7. The average Bonchev–Trinajstić information content (AvgIpc) is 3.01. The molecular weight excluding hydrogens is 413 g/mol. The van der Waals surface area contributed by atoms with Gasteiger partial charge >= 0.3 is 0 Å². The van der Waals surface area contributed by atoms with Gasteiger partial charge in [-0.05, 0) is 45.8 Å². The van der Waals surface area contributed by atoms with Crippen LogP contribution in [-0.2, 0) is 0 Å². The molecule has 0 saturated carbocycles. The summed E-state index contributed by atoms with van der Waals surface area (Å²) in [6.45, 7) is 0. The minimum absolute atomic E-state index is 0.860. The van der Waals surface area contributed by atoms with Gasteiger partial charge in [0, 0.05) is 24.9 Å². The quantitative estimate of drug-likeness (QED) is 0.272. The van der Waals surface area contributed by atoms with Crippen LogP contribution in [0.5, 0.6) is 0 Å². The van der Waals surface area contributed by atoms with Gasteiger partial charge in [0.25, 0.3) is 8.01 Å². The van der Waals surface area contributed by atoms with E-state index in [2.05, 4.69) is 110 Å². The van der Waals surface area contributed by atoms with Crippen LogP contribution in [0.4, 0.5) is 5.69 Å². The van der Waals surface area contributed by atoms with Crippen molar-refractivity contribution in [2.75, 3.05) is 19.0 Å². The van der Waals surface area contributed by atoms with E-state index < -0.39 is 8.01 Å². The van der Waals surface area contributed by atoms with Crippen LogP contribution >= 0.6 is 8.01 Å². The maximum atomic E-state index is 6.69. The summed E-state index contributed by atoms with van der Waals surface area (Å²) in [7, 11) is 2.73. The van der Waals surface area contributed by atoms with Crippen molar-refractivity contribution in [1.82, 2.24) is 0 Å². The van der Waals surface area contributed by atoms with Gasteiger partial charge in [0.2, 0.25) is 0 Å². The molecule has 0 spiro atoms. The lowest BCUT2D eigenvalue weighted by Gasteiger charge is -2.15. The second-order valence-electron chi connectivity index (χ2n) is 8.14. The molecule has 1 heterocycles. The second kappa shape index (κ2) is 7.47. The van der Waals surface area contributed by atoms with Crippen LogP contribution in [0.1, 0.15) is 0 Å². The number of hydrogen-bond donors (Lipinski definition) is 0. The fraction of sp³-hybridized carbons (Fsp3) is 0.0714. The third-order valence-corrected chi connectivity index (χ3v) is 7.45. The summed E-state index contributed by atoms with van der Waals surface area (Å²) < 4.78 is 13.4. The highest BCUT2D eigenvalue weighted by Crippen LogP contribution is 2.48. The zero-order chi connectivity index (χ0) is 21.7. The molecule has 0 aliphatic carbocycles. The van der Waals surface area contributed by atoms with E-state index >= 15 is 0 Å². The molecule has 0 aliphatic rings. The van der Waals surface area contributed by atoms with Crippen LogP contribution in [0.25, 0.3) is 48.8 Å². The van der Waals surface area contributed by atoms with Crippen molar-refractivity contribution < 1.29 is 8.39 Å². The first kappa shape index (κ1) is 19.0. The molecule has 0 radical (unpaired) electrons. The van der Waals surface area contributed by atoms with Gasteiger partial charge in [0.15, 0.2) is 0 Å². The van der Waals surface area contributed by atoms with E-state index in [9.17, 15) is 0 Å². The van der Waals surface area contributed by atoms with Crippen molar-refractivity contribution in [3.63, 3.8) is 0 Å². The zero-order valence-electron chi connectivity index (χ0n) is 17.9. The Morgan fingerprint density at radius 2 is 1.06 bits per heavy atom. The van der Waals surface area contributed by atoms with Gasteiger partial charge in [-0.25, -0.2) is 0 Å². The zero-order valence-corrected chi connectivity index (χ0v) is 18.8. The predicted octanol–water partition coefficient (Wildman–Crippen LogP) is 8.65. The number of fused-ring (bicyclic) bond motifs is 7. The normalized spacial score (nSPS) is 11.4. The number of hydrogen-bond acceptors (Lipinski definition) is 3. The Balaban J connectivity index is 1.88. The van der Waals surface area contributed by atoms with Crippen molar-refractivity contribution in [3.8, 4) is 5.30 Å². The molecule has 0 amide bonds. The number of rotatable bonds is 2. The summed E-state index contributed by atoms with van der Waals surface area (Å²) in [5, 5.41) is 7.98. The molecule has 0 aliphatic heterocycles. The number of benzene rings is 5. The van der Waals surface area contributed by atoms with Gasteiger partial charge in [-0.1, -0.05) is 72.8 Å². The molecule has 6 aromatic rings. The van der Waals surface area contributed by atoms with E-state index in [0.29, 0.717) is 0 Å². The number of anilines is 1. The van der Waals surface area contributed by atoms with Crippen LogP contribution in [-0.4, -0.2) is 14.1 Å². The van der Waals surface area contributed by atoms with E-state index in [1.165, 1.54) is 21.5 Å². The minimum atomic E-state index is -1.37. The molecule has 156 valence electrons. The smallest absolute Gasteiger partial charge is 0.255 e. The average molecular weight is 435 g/mol. The van der Waals surface area contributed by atoms with Crippen molar-refractivity contribution in [3.05, 3.63) is 97.1 Å². The monoisotopic (exact) mass is 435 g/mol. The van der Waals surface area contributed by atoms with E-state index in [1.807, 2.05) is 6.07 Å². The van der Waals surface area contributed by atoms with Crippen molar-refractivity contribution in [2.45, 2.75) is 0 Å². The first-order chi connectivity index (χ1) is 15.7. The van der Waals surface area contributed by atoms with Gasteiger partial charge in [-0.3, -0.25) is 0 Å². The molecule has 0 atom stereocenters. The highest BCUT2D eigenvalue weighted by molar-refractivity contribution is 7.46. The molecule has 4 heteroatoms. The van der Waals surface area contributed by atoms with Crippen LogP contribution in [0, 0.1) is 0 Å². The molecule has 0 bridgehead atoms. The maximum Gasteiger partial charge on any atom is 0.255 e. The van der Waals surface area contributed by atoms with E-state index in [0.717, 1.165) is 32.9 Å². The Bertz CT molecular complexity index is 1570. The summed E-state index contributed by atoms with van der Waals surface area (Å²) in [6.07, 6.45) is 0. The van der Waals surface area contributed by atoms with Crippen LogP contribution in [0.3, 0.4) is 0 Å². The SMILES string of the molecule is CN(C)c1ccccc1-p1oc2ccc3ccccc3c2c2c(ccc3ccccc32)o1. The van der Waals surface area contributed by atoms with Crippen LogP contribution < -0.4 is 4.90 Å². The lowest BCUT2D eigenvalue weighted by Crippen LogP contribution is -2.08. The maximum absolute atomic E-state index is 6.69. The van der Waals surface area contributed by atoms with Crippen LogP contribution in [0.15, 0.2) is 105 Å². The molecule has 6 rings (SSSR count). The predicted molar refractivity (Wildman–Crippen MR) is 137 cm³/mol. The minimum Gasteiger partial charge on any atom is -0.416 e. The van der Waals surface area contributed by atoms with Crippen LogP contribution in [0.2, 0.25) is 0 Å². The standard InChI is InChI=1S/C28H22NO2P/c1-29(2)23-13-7-8-14-26(23)32-30-24-17-15-19-9-3-5-11-21(19)27(24)28-22-12-6-4-10-20(22)16-18-25(28)31-32/h3-18H,1-2H3. The molecule has 1 aromatic heterocycles. The van der Waals surface area contributed by atoms with Gasteiger partial charge in [-0.15, -0.1) is 0 Å². The van der Waals surface area contributed by atoms with E-state index in [-0.39, 0.29) is 0 Å². The fourth-order valence-electron chi connectivity index (χ4n) is 4.46. The summed E-state index contributed by atoms with van der Waals surface area (Å²) >= 11 is 0. The second-order valence-corrected chi connectivity index (χ2v) is 9.50. The Labute approximate surface area is 187 Å². The Kier molecular flexibility index (Phi) is 4.45. The molecule has 0 fully saturated rings. The Morgan fingerprint density at radius 1 is 0.562 bits per heavy atom. The van der Waals surface area contributed by atoms with Gasteiger partial charge in [0.1, 0.15) is 11.2 Å². The molecule has 0 saturated heterocycles. The highest BCUT2D eigenvalue weighted by atomic mass is 31.1. The van der Waals surface area contributed by atoms with E-state index in [4.69, 9.17) is 8.39 Å². The molecule has 3 nitrogen and oxygen atoms in total.